The van der Waals surface area contributed by atoms with E-state index in [1.165, 1.54) is 6.07 Å². The number of ketones is 1. The Balaban J connectivity index is 1.95. The molecular formula is C22H25F2NO4. The van der Waals surface area contributed by atoms with Gasteiger partial charge in [0.05, 0.1) is 12.2 Å². The van der Waals surface area contributed by atoms with Crippen molar-refractivity contribution in [3.05, 3.63) is 57.9 Å². The molecule has 1 aromatic rings. The van der Waals surface area contributed by atoms with E-state index in [1.54, 1.807) is 6.92 Å². The van der Waals surface area contributed by atoms with Crippen LogP contribution in [-0.2, 0) is 19.1 Å². The summed E-state index contributed by atoms with van der Waals surface area (Å²) in [6.07, 6.45) is 2.58. The molecule has 7 heteroatoms. The van der Waals surface area contributed by atoms with E-state index in [0.717, 1.165) is 24.3 Å². The zero-order valence-electron chi connectivity index (χ0n) is 16.6. The van der Waals surface area contributed by atoms with Crippen LogP contribution in [0.25, 0.3) is 0 Å². The molecule has 156 valence electrons. The average Bonchev–Trinajstić information content (AvgIpc) is 2.69. The maximum atomic E-state index is 14.0. The van der Waals surface area contributed by atoms with Crippen molar-refractivity contribution in [2.75, 3.05) is 19.8 Å². The Morgan fingerprint density at radius 1 is 1.17 bits per heavy atom. The second kappa shape index (κ2) is 9.31. The molecule has 3 rings (SSSR count). The first-order chi connectivity index (χ1) is 13.9. The third-order valence-corrected chi connectivity index (χ3v) is 5.08. The van der Waals surface area contributed by atoms with Crippen molar-refractivity contribution in [2.24, 2.45) is 0 Å². The fourth-order valence-electron chi connectivity index (χ4n) is 3.80. The predicted molar refractivity (Wildman–Crippen MR) is 103 cm³/mol. The number of carbonyl (C=O) groups excluding carboxylic acids is 2. The summed E-state index contributed by atoms with van der Waals surface area (Å²) in [5, 5.41) is 3.15. The molecule has 5 nitrogen and oxygen atoms in total. The number of halogens is 2. The number of nitrogens with one attached hydrogen (secondary N) is 1. The van der Waals surface area contributed by atoms with E-state index >= 15 is 0 Å². The Morgan fingerprint density at radius 2 is 1.97 bits per heavy atom. The van der Waals surface area contributed by atoms with Gasteiger partial charge in [-0.25, -0.2) is 13.6 Å². The van der Waals surface area contributed by atoms with Crippen molar-refractivity contribution in [2.45, 2.75) is 45.4 Å². The molecule has 2 aliphatic rings. The molecule has 0 bridgehead atoms. The smallest absolute Gasteiger partial charge is 0.336 e. The summed E-state index contributed by atoms with van der Waals surface area (Å²) < 4.78 is 38.1. The van der Waals surface area contributed by atoms with Gasteiger partial charge in [-0.1, -0.05) is 13.0 Å². The Hall–Kier alpha value is -2.54. The Bertz CT molecular complexity index is 876. The molecule has 0 amide bonds. The Labute approximate surface area is 168 Å². The third-order valence-electron chi connectivity index (χ3n) is 5.08. The predicted octanol–water partition coefficient (Wildman–Crippen LogP) is 3.90. The number of benzene rings is 1. The van der Waals surface area contributed by atoms with Gasteiger partial charge in [-0.05, 0) is 43.9 Å². The molecule has 0 spiro atoms. The van der Waals surface area contributed by atoms with Crippen molar-refractivity contribution in [3.8, 4) is 0 Å². The zero-order chi connectivity index (χ0) is 21.0. The summed E-state index contributed by atoms with van der Waals surface area (Å²) in [6, 6.07) is 3.46. The lowest BCUT2D eigenvalue weighted by molar-refractivity contribution is -0.141. The molecule has 0 unspecified atom stereocenters. The highest BCUT2D eigenvalue weighted by Gasteiger charge is 2.39. The van der Waals surface area contributed by atoms with Gasteiger partial charge < -0.3 is 14.8 Å². The highest BCUT2D eigenvalue weighted by molar-refractivity contribution is 6.03. The maximum absolute atomic E-state index is 14.0. The van der Waals surface area contributed by atoms with E-state index in [-0.39, 0.29) is 24.6 Å². The van der Waals surface area contributed by atoms with Crippen molar-refractivity contribution in [3.63, 3.8) is 0 Å². The second-order valence-corrected chi connectivity index (χ2v) is 7.19. The molecule has 1 atom stereocenters. The minimum atomic E-state index is -1.02. The summed E-state index contributed by atoms with van der Waals surface area (Å²) in [5.41, 5.74) is 2.30. The van der Waals surface area contributed by atoms with Gasteiger partial charge in [0.15, 0.2) is 17.4 Å². The first-order valence-electron chi connectivity index (χ1n) is 9.87. The molecule has 1 aliphatic carbocycles. The largest absolute Gasteiger partial charge is 0.460 e. The number of rotatable bonds is 7. The molecule has 0 radical (unpaired) electrons. The van der Waals surface area contributed by atoms with Crippen LogP contribution in [0.1, 0.15) is 51.0 Å². The van der Waals surface area contributed by atoms with Gasteiger partial charge in [-0.15, -0.1) is 0 Å². The monoisotopic (exact) mass is 405 g/mol. The van der Waals surface area contributed by atoms with Gasteiger partial charge in [0, 0.05) is 35.9 Å². The molecule has 1 aliphatic heterocycles. The number of esters is 1. The summed E-state index contributed by atoms with van der Waals surface area (Å²) in [7, 11) is 0. The maximum Gasteiger partial charge on any atom is 0.336 e. The normalized spacial score (nSPS) is 19.2. The number of hydrogen-bond donors (Lipinski definition) is 1. The minimum Gasteiger partial charge on any atom is -0.460 e. The van der Waals surface area contributed by atoms with Gasteiger partial charge in [-0.2, -0.15) is 0 Å². The highest BCUT2D eigenvalue weighted by atomic mass is 19.2. The van der Waals surface area contributed by atoms with Crippen molar-refractivity contribution in [1.82, 2.24) is 5.32 Å². The lowest BCUT2D eigenvalue weighted by Gasteiger charge is -2.34. The molecule has 29 heavy (non-hydrogen) atoms. The van der Waals surface area contributed by atoms with Crippen LogP contribution in [0, 0.1) is 11.6 Å². The molecule has 0 fully saturated rings. The van der Waals surface area contributed by atoms with Crippen LogP contribution in [0.2, 0.25) is 0 Å². The first kappa shape index (κ1) is 21.2. The van der Waals surface area contributed by atoms with E-state index in [9.17, 15) is 18.4 Å². The number of dihydropyridines is 1. The van der Waals surface area contributed by atoms with Crippen LogP contribution in [0.3, 0.4) is 0 Å². The number of Topliss-reactive ketones (excluding diaryl/α,β-unsaturated/α-hetero) is 1. The van der Waals surface area contributed by atoms with Crippen molar-refractivity contribution >= 4 is 11.8 Å². The van der Waals surface area contributed by atoms with Crippen LogP contribution in [0.5, 0.6) is 0 Å². The van der Waals surface area contributed by atoms with Crippen LogP contribution in [0.4, 0.5) is 8.78 Å². The average molecular weight is 405 g/mol. The van der Waals surface area contributed by atoms with E-state index < -0.39 is 23.5 Å². The van der Waals surface area contributed by atoms with Gasteiger partial charge in [0.2, 0.25) is 0 Å². The summed E-state index contributed by atoms with van der Waals surface area (Å²) >= 11 is 0. The van der Waals surface area contributed by atoms with Crippen LogP contribution < -0.4 is 5.32 Å². The number of carbonyl (C=O) groups is 2. The highest BCUT2D eigenvalue weighted by Crippen LogP contribution is 2.42. The fraction of sp³-hybridized carbons (Fsp3) is 0.455. The second-order valence-electron chi connectivity index (χ2n) is 7.19. The quantitative estimate of drug-likeness (QED) is 0.551. The molecule has 0 saturated carbocycles. The van der Waals surface area contributed by atoms with Crippen molar-refractivity contribution in [1.29, 1.82) is 0 Å². The molecule has 1 N–H and O–H groups in total. The lowest BCUT2D eigenvalue weighted by atomic mass is 9.75. The minimum absolute atomic E-state index is 0.0694. The summed E-state index contributed by atoms with van der Waals surface area (Å²) in [4.78, 5) is 25.6. The number of hydrogen-bond acceptors (Lipinski definition) is 5. The van der Waals surface area contributed by atoms with E-state index in [2.05, 4.69) is 5.32 Å². The first-order valence-corrected chi connectivity index (χ1v) is 9.87. The van der Waals surface area contributed by atoms with Crippen molar-refractivity contribution < 1.29 is 27.8 Å². The van der Waals surface area contributed by atoms with E-state index in [1.807, 2.05) is 6.92 Å². The van der Waals surface area contributed by atoms with E-state index in [0.29, 0.717) is 42.7 Å². The molecule has 1 heterocycles. The SMILES string of the molecule is CCCOCCOC(=O)C1=C(C)NC2=C(C(=O)CCC2)[C@@H]1c1ccc(F)c(F)c1. The van der Waals surface area contributed by atoms with Crippen LogP contribution >= 0.6 is 0 Å². The topological polar surface area (TPSA) is 64.6 Å². The van der Waals surface area contributed by atoms with Crippen LogP contribution in [0.15, 0.2) is 40.7 Å². The zero-order valence-corrected chi connectivity index (χ0v) is 16.6. The number of ether oxygens (including phenoxy) is 2. The van der Waals surface area contributed by atoms with Gasteiger partial charge in [0.25, 0.3) is 0 Å². The standard InChI is InChI=1S/C22H25F2NO4/c1-3-9-28-10-11-29-22(27)19-13(2)25-17-5-4-6-18(26)21(17)20(19)14-7-8-15(23)16(24)12-14/h7-8,12,20,25H,3-6,9-11H2,1-2H3/t20-/m1/s1. The number of allylic oxidation sites excluding steroid dienone is 3. The van der Waals surface area contributed by atoms with Gasteiger partial charge in [0.1, 0.15) is 6.61 Å². The fourth-order valence-corrected chi connectivity index (χ4v) is 3.80. The van der Waals surface area contributed by atoms with Crippen LogP contribution in [-0.4, -0.2) is 31.6 Å². The Kier molecular flexibility index (Phi) is 6.79. The summed E-state index contributed by atoms with van der Waals surface area (Å²) in [5.74, 6) is -3.50. The third kappa shape index (κ3) is 4.56. The molecular weight excluding hydrogens is 380 g/mol. The van der Waals surface area contributed by atoms with Gasteiger partial charge >= 0.3 is 5.97 Å². The lowest BCUT2D eigenvalue weighted by Crippen LogP contribution is -2.34. The summed E-state index contributed by atoms with van der Waals surface area (Å²) in [6.45, 7) is 4.61. The molecule has 0 aromatic heterocycles. The van der Waals surface area contributed by atoms with E-state index in [4.69, 9.17) is 9.47 Å². The van der Waals surface area contributed by atoms with Gasteiger partial charge in [-0.3, -0.25) is 4.79 Å². The Morgan fingerprint density at radius 3 is 2.69 bits per heavy atom. The molecule has 0 saturated heterocycles. The molecule has 1 aromatic carbocycles.